The zero-order valence-electron chi connectivity index (χ0n) is 18.9. The number of pyridine rings is 1. The van der Waals surface area contributed by atoms with Crippen molar-refractivity contribution in [2.75, 3.05) is 18.4 Å². The van der Waals surface area contributed by atoms with Crippen molar-refractivity contribution in [2.24, 2.45) is 5.92 Å². The number of benzene rings is 1. The van der Waals surface area contributed by atoms with Crippen LogP contribution in [0, 0.1) is 12.8 Å². The molecule has 1 fully saturated rings. The van der Waals surface area contributed by atoms with Crippen LogP contribution >= 0.6 is 11.3 Å². The third-order valence-corrected chi connectivity index (χ3v) is 6.87. The van der Waals surface area contributed by atoms with E-state index in [1.165, 1.54) is 11.3 Å². The van der Waals surface area contributed by atoms with E-state index in [-0.39, 0.29) is 31.1 Å². The first-order valence-corrected chi connectivity index (χ1v) is 12.0. The van der Waals surface area contributed by atoms with Crippen LogP contribution in [0.4, 0.5) is 5.95 Å². The number of amides is 1. The first-order chi connectivity index (χ1) is 16.5. The van der Waals surface area contributed by atoms with Gasteiger partial charge in [-0.15, -0.1) is 11.3 Å². The van der Waals surface area contributed by atoms with Crippen LogP contribution in [-0.2, 0) is 0 Å². The molecule has 4 aromatic rings. The van der Waals surface area contributed by atoms with Crippen molar-refractivity contribution >= 4 is 39.3 Å². The van der Waals surface area contributed by atoms with Gasteiger partial charge in [-0.2, -0.15) is 4.98 Å². The first-order valence-electron chi connectivity index (χ1n) is 11.2. The number of carbonyl (C=O) groups is 2. The predicted octanol–water partition coefficient (Wildman–Crippen LogP) is 4.94. The largest absolute Gasteiger partial charge is 0.348 e. The standard InChI is InChI=1S/C25H24N6O2S.CH4/c1-15(19-9-6-10-26-12-19)27-25-29-21(22-23(30-25)28-16(2)34-22)24(33)31-13-17(14-31)11-20(32)18-7-4-3-5-8-18;/h3-10,12,15,17H,11,13-14H2,1-2H3,(H,27,29,30);1H4/t15-;/m0./s1. The summed E-state index contributed by atoms with van der Waals surface area (Å²) in [6, 6.07) is 13.0. The molecule has 0 unspecified atom stereocenters. The summed E-state index contributed by atoms with van der Waals surface area (Å²) in [5, 5.41) is 4.09. The Balaban J connectivity index is 0.00000289. The molecule has 35 heavy (non-hydrogen) atoms. The van der Waals surface area contributed by atoms with Crippen LogP contribution in [0.2, 0.25) is 0 Å². The molecule has 9 heteroatoms. The molecule has 5 rings (SSSR count). The molecule has 1 amide bonds. The number of likely N-dealkylation sites (tertiary alicyclic amines) is 1. The number of nitrogens with zero attached hydrogens (tertiary/aromatic N) is 5. The summed E-state index contributed by atoms with van der Waals surface area (Å²) in [6.45, 7) is 4.95. The van der Waals surface area contributed by atoms with Gasteiger partial charge in [0.05, 0.1) is 11.0 Å². The molecule has 0 saturated carbocycles. The number of ketones is 1. The summed E-state index contributed by atoms with van der Waals surface area (Å²) in [4.78, 5) is 45.4. The van der Waals surface area contributed by atoms with E-state index in [1.807, 2.05) is 56.3 Å². The van der Waals surface area contributed by atoms with Gasteiger partial charge in [0.25, 0.3) is 5.91 Å². The Kier molecular flexibility index (Phi) is 7.16. The van der Waals surface area contributed by atoms with Crippen molar-refractivity contribution in [1.82, 2.24) is 24.8 Å². The molecule has 1 atom stereocenters. The molecular formula is C26H28N6O2S. The maximum atomic E-state index is 13.4. The monoisotopic (exact) mass is 488 g/mol. The third kappa shape index (κ3) is 5.19. The average Bonchev–Trinajstić information content (AvgIpc) is 3.21. The van der Waals surface area contributed by atoms with Gasteiger partial charge in [-0.1, -0.05) is 43.8 Å². The number of aryl methyl sites for hydroxylation is 1. The number of rotatable bonds is 7. The second kappa shape index (κ2) is 10.3. The van der Waals surface area contributed by atoms with E-state index < -0.39 is 0 Å². The SMILES string of the molecule is C.Cc1nc2nc(N[C@@H](C)c3cccnc3)nc(C(=O)N3CC(CC(=O)c4ccccc4)C3)c2s1. The summed E-state index contributed by atoms with van der Waals surface area (Å²) in [5.41, 5.74) is 2.56. The molecule has 1 saturated heterocycles. The Morgan fingerprint density at radius 3 is 2.60 bits per heavy atom. The van der Waals surface area contributed by atoms with E-state index in [4.69, 9.17) is 0 Å². The molecular weight excluding hydrogens is 460 g/mol. The van der Waals surface area contributed by atoms with E-state index in [2.05, 4.69) is 25.3 Å². The zero-order chi connectivity index (χ0) is 23.7. The van der Waals surface area contributed by atoms with Crippen molar-refractivity contribution in [1.29, 1.82) is 0 Å². The normalized spacial score (nSPS) is 14.2. The highest BCUT2D eigenvalue weighted by molar-refractivity contribution is 7.18. The van der Waals surface area contributed by atoms with Crippen LogP contribution in [0.25, 0.3) is 10.3 Å². The highest BCUT2D eigenvalue weighted by Crippen LogP contribution is 2.29. The molecule has 8 nitrogen and oxygen atoms in total. The Bertz CT molecular complexity index is 1340. The zero-order valence-corrected chi connectivity index (χ0v) is 19.7. The van der Waals surface area contributed by atoms with Crippen LogP contribution in [0.15, 0.2) is 54.9 Å². The van der Waals surface area contributed by atoms with Gasteiger partial charge in [0.2, 0.25) is 5.95 Å². The van der Waals surface area contributed by atoms with Crippen LogP contribution in [0.3, 0.4) is 0 Å². The molecule has 180 valence electrons. The van der Waals surface area contributed by atoms with Crippen LogP contribution in [0.1, 0.15) is 58.2 Å². The van der Waals surface area contributed by atoms with Crippen molar-refractivity contribution < 1.29 is 9.59 Å². The summed E-state index contributed by atoms with van der Waals surface area (Å²) in [7, 11) is 0. The molecule has 1 aromatic carbocycles. The van der Waals surface area contributed by atoms with Gasteiger partial charge < -0.3 is 10.2 Å². The first kappa shape index (κ1) is 24.4. The lowest BCUT2D eigenvalue weighted by molar-refractivity contribution is 0.0466. The van der Waals surface area contributed by atoms with Crippen LogP contribution < -0.4 is 5.32 Å². The lowest BCUT2D eigenvalue weighted by Crippen LogP contribution is -2.50. The topological polar surface area (TPSA) is 101 Å². The molecule has 4 heterocycles. The second-order valence-electron chi connectivity index (χ2n) is 8.50. The minimum absolute atomic E-state index is 0. The fourth-order valence-electron chi connectivity index (χ4n) is 4.07. The molecule has 1 N–H and O–H groups in total. The average molecular weight is 489 g/mol. The Hall–Kier alpha value is -3.72. The molecule has 0 radical (unpaired) electrons. The van der Waals surface area contributed by atoms with Gasteiger partial charge in [0.1, 0.15) is 4.70 Å². The van der Waals surface area contributed by atoms with E-state index in [9.17, 15) is 9.59 Å². The fraction of sp³-hybridized carbons (Fsp3) is 0.308. The van der Waals surface area contributed by atoms with Gasteiger partial charge in [-0.05, 0) is 25.5 Å². The number of thiazole rings is 1. The minimum Gasteiger partial charge on any atom is -0.348 e. The maximum Gasteiger partial charge on any atom is 0.274 e. The number of hydrogen-bond acceptors (Lipinski definition) is 8. The fourth-order valence-corrected chi connectivity index (χ4v) is 4.91. The van der Waals surface area contributed by atoms with E-state index in [1.54, 1.807) is 17.3 Å². The number of aromatic nitrogens is 4. The number of carbonyl (C=O) groups excluding carboxylic acids is 2. The minimum atomic E-state index is -0.156. The molecule has 0 spiro atoms. The molecule has 0 bridgehead atoms. The Labute approximate surface area is 208 Å². The van der Waals surface area contributed by atoms with E-state index >= 15 is 0 Å². The maximum absolute atomic E-state index is 13.4. The van der Waals surface area contributed by atoms with Gasteiger partial charge >= 0.3 is 0 Å². The van der Waals surface area contributed by atoms with Gasteiger partial charge in [-0.3, -0.25) is 14.6 Å². The number of anilines is 1. The summed E-state index contributed by atoms with van der Waals surface area (Å²) in [5.74, 6) is 0.460. The quantitative estimate of drug-likeness (QED) is 0.368. The van der Waals surface area contributed by atoms with Gasteiger partial charge in [-0.25, -0.2) is 9.97 Å². The molecule has 1 aliphatic rings. The second-order valence-corrected chi connectivity index (χ2v) is 9.71. The Morgan fingerprint density at radius 1 is 1.11 bits per heavy atom. The van der Waals surface area contributed by atoms with Crippen molar-refractivity contribution in [3.05, 3.63) is 76.7 Å². The lowest BCUT2D eigenvalue weighted by Gasteiger charge is -2.38. The van der Waals surface area contributed by atoms with Crippen LogP contribution in [0.5, 0.6) is 0 Å². The van der Waals surface area contributed by atoms with Crippen LogP contribution in [-0.4, -0.2) is 49.6 Å². The van der Waals surface area contributed by atoms with Crippen molar-refractivity contribution in [3.8, 4) is 0 Å². The molecule has 0 aliphatic carbocycles. The van der Waals surface area contributed by atoms with Gasteiger partial charge in [0.15, 0.2) is 17.1 Å². The highest BCUT2D eigenvalue weighted by atomic mass is 32.1. The van der Waals surface area contributed by atoms with E-state index in [0.717, 1.165) is 10.6 Å². The molecule has 1 aliphatic heterocycles. The van der Waals surface area contributed by atoms with Crippen molar-refractivity contribution in [3.63, 3.8) is 0 Å². The number of fused-ring (bicyclic) bond motifs is 1. The number of Topliss-reactive ketones (excluding diaryl/α,β-unsaturated/α-hetero) is 1. The summed E-state index contributed by atoms with van der Waals surface area (Å²) in [6.07, 6.45) is 3.94. The lowest BCUT2D eigenvalue weighted by atomic mass is 9.91. The molecule has 3 aromatic heterocycles. The Morgan fingerprint density at radius 2 is 1.89 bits per heavy atom. The predicted molar refractivity (Wildman–Crippen MR) is 138 cm³/mol. The number of nitrogens with one attached hydrogen (secondary N) is 1. The van der Waals surface area contributed by atoms with E-state index in [0.29, 0.717) is 47.1 Å². The number of hydrogen-bond donors (Lipinski definition) is 1. The van der Waals surface area contributed by atoms with Gasteiger partial charge in [0, 0.05) is 43.4 Å². The third-order valence-electron chi connectivity index (χ3n) is 5.91. The highest BCUT2D eigenvalue weighted by Gasteiger charge is 2.35. The summed E-state index contributed by atoms with van der Waals surface area (Å²) < 4.78 is 0.686. The smallest absolute Gasteiger partial charge is 0.274 e. The summed E-state index contributed by atoms with van der Waals surface area (Å²) >= 11 is 1.42. The van der Waals surface area contributed by atoms with Crippen molar-refractivity contribution in [2.45, 2.75) is 33.7 Å².